The topological polar surface area (TPSA) is 46.9 Å². The van der Waals surface area contributed by atoms with E-state index < -0.39 is 0 Å². The molecule has 0 spiro atoms. The van der Waals surface area contributed by atoms with Crippen LogP contribution in [-0.2, 0) is 11.3 Å². The van der Waals surface area contributed by atoms with Crippen LogP contribution in [0.1, 0.15) is 12.6 Å². The highest BCUT2D eigenvalue weighted by atomic mass is 35.5. The van der Waals surface area contributed by atoms with Gasteiger partial charge in [-0.3, -0.25) is 9.48 Å². The molecule has 1 amide bonds. The molecule has 4 nitrogen and oxygen atoms in total. The Hall–Kier alpha value is -0.850. The van der Waals surface area contributed by atoms with Crippen molar-refractivity contribution in [1.82, 2.24) is 15.1 Å². The molecule has 1 aromatic rings. The quantitative estimate of drug-likeness (QED) is 0.662. The average Bonchev–Trinajstić information content (AvgIpc) is 2.73. The second-order valence-electron chi connectivity index (χ2n) is 3.05. The molecule has 84 valence electrons. The van der Waals surface area contributed by atoms with Gasteiger partial charge < -0.3 is 5.32 Å². The Labute approximate surface area is 107 Å². The van der Waals surface area contributed by atoms with Crippen LogP contribution in [0.3, 0.4) is 0 Å². The van der Waals surface area contributed by atoms with E-state index in [1.54, 1.807) is 17.0 Å². The van der Waals surface area contributed by atoms with E-state index in [2.05, 4.69) is 10.4 Å². The van der Waals surface area contributed by atoms with E-state index in [4.69, 9.17) is 23.8 Å². The third-order valence-electron chi connectivity index (χ3n) is 2.04. The van der Waals surface area contributed by atoms with Crippen LogP contribution in [-0.4, -0.2) is 20.0 Å². The van der Waals surface area contributed by atoms with E-state index in [-0.39, 0.29) is 5.91 Å². The van der Waals surface area contributed by atoms with Gasteiger partial charge in [0, 0.05) is 6.54 Å². The van der Waals surface area contributed by atoms with Gasteiger partial charge in [-0.2, -0.15) is 5.10 Å². The third kappa shape index (κ3) is 2.14. The number of carbonyl (C=O) groups excluding carboxylic acids is 1. The van der Waals surface area contributed by atoms with Crippen molar-refractivity contribution in [3.63, 3.8) is 0 Å². The highest BCUT2D eigenvalue weighted by molar-refractivity contribution is 8.26. The van der Waals surface area contributed by atoms with Crippen LogP contribution >= 0.6 is 35.6 Å². The second kappa shape index (κ2) is 4.57. The minimum atomic E-state index is -0.185. The number of thioether (sulfide) groups is 1. The smallest absolute Gasteiger partial charge is 0.263 e. The normalized spacial score (nSPS) is 18.2. The Morgan fingerprint density at radius 1 is 1.75 bits per heavy atom. The lowest BCUT2D eigenvalue weighted by atomic mass is 10.3. The molecule has 2 heterocycles. The van der Waals surface area contributed by atoms with E-state index in [0.29, 0.717) is 20.8 Å². The maximum Gasteiger partial charge on any atom is 0.263 e. The number of amides is 1. The van der Waals surface area contributed by atoms with Gasteiger partial charge >= 0.3 is 0 Å². The highest BCUT2D eigenvalue weighted by Crippen LogP contribution is 2.28. The third-order valence-corrected chi connectivity index (χ3v) is 3.50. The van der Waals surface area contributed by atoms with Crippen molar-refractivity contribution >= 4 is 51.9 Å². The first-order chi connectivity index (χ1) is 7.61. The summed E-state index contributed by atoms with van der Waals surface area (Å²) in [6, 6.07) is 0. The van der Waals surface area contributed by atoms with E-state index in [1.807, 2.05) is 6.92 Å². The lowest BCUT2D eigenvalue weighted by Gasteiger charge is -2.00. The summed E-state index contributed by atoms with van der Waals surface area (Å²) in [7, 11) is 0. The van der Waals surface area contributed by atoms with E-state index in [0.717, 1.165) is 5.69 Å². The minimum absolute atomic E-state index is 0.185. The number of hydrogen-bond acceptors (Lipinski definition) is 4. The zero-order chi connectivity index (χ0) is 11.7. The number of halogens is 1. The maximum atomic E-state index is 11.5. The van der Waals surface area contributed by atoms with Crippen LogP contribution in [0.25, 0.3) is 6.08 Å². The number of nitrogens with one attached hydrogen (secondary N) is 1. The Balaban J connectivity index is 2.39. The first-order valence-electron chi connectivity index (χ1n) is 4.58. The molecule has 1 aliphatic rings. The fourth-order valence-electron chi connectivity index (χ4n) is 1.31. The van der Waals surface area contributed by atoms with Gasteiger partial charge in [0.1, 0.15) is 4.32 Å². The van der Waals surface area contributed by atoms with Crippen molar-refractivity contribution in [2.45, 2.75) is 13.5 Å². The zero-order valence-electron chi connectivity index (χ0n) is 8.36. The van der Waals surface area contributed by atoms with Crippen molar-refractivity contribution in [3.05, 3.63) is 21.8 Å². The summed E-state index contributed by atoms with van der Waals surface area (Å²) < 4.78 is 2.19. The molecule has 0 aromatic carbocycles. The minimum Gasteiger partial charge on any atom is -0.307 e. The molecule has 0 saturated carbocycles. The fourth-order valence-corrected chi connectivity index (χ4v) is 2.53. The Morgan fingerprint density at radius 3 is 3.06 bits per heavy atom. The van der Waals surface area contributed by atoms with E-state index >= 15 is 0 Å². The largest absolute Gasteiger partial charge is 0.307 e. The Morgan fingerprint density at radius 2 is 2.50 bits per heavy atom. The van der Waals surface area contributed by atoms with Crippen LogP contribution in [0.5, 0.6) is 0 Å². The predicted octanol–water partition coefficient (Wildman–Crippen LogP) is 2.05. The molecule has 0 radical (unpaired) electrons. The number of carbonyl (C=O) groups is 1. The lowest BCUT2D eigenvalue weighted by molar-refractivity contribution is -0.115. The van der Waals surface area contributed by atoms with Gasteiger partial charge in [0.15, 0.2) is 0 Å². The first kappa shape index (κ1) is 11.6. The van der Waals surface area contributed by atoms with Crippen molar-refractivity contribution in [3.8, 4) is 0 Å². The molecule has 1 aromatic heterocycles. The molecule has 0 unspecified atom stereocenters. The average molecular weight is 274 g/mol. The Kier molecular flexibility index (Phi) is 3.32. The SMILES string of the molecule is CCn1ncc(Cl)c1C=C1SC(=S)NC1=O. The molecule has 0 atom stereocenters. The van der Waals surface area contributed by atoms with Crippen LogP contribution < -0.4 is 5.32 Å². The number of rotatable bonds is 2. The molecule has 0 bridgehead atoms. The molecule has 1 aliphatic heterocycles. The molecule has 1 fully saturated rings. The zero-order valence-corrected chi connectivity index (χ0v) is 10.7. The molecule has 16 heavy (non-hydrogen) atoms. The van der Waals surface area contributed by atoms with Gasteiger partial charge in [0.2, 0.25) is 0 Å². The molecule has 0 aliphatic carbocycles. The molecule has 7 heteroatoms. The van der Waals surface area contributed by atoms with Gasteiger partial charge in [-0.15, -0.1) is 0 Å². The summed E-state index contributed by atoms with van der Waals surface area (Å²) >= 11 is 12.1. The van der Waals surface area contributed by atoms with Crippen LogP contribution in [0.2, 0.25) is 5.02 Å². The lowest BCUT2D eigenvalue weighted by Crippen LogP contribution is -2.17. The molecular formula is C9H8ClN3OS2. The summed E-state index contributed by atoms with van der Waals surface area (Å²) in [6.45, 7) is 2.65. The summed E-state index contributed by atoms with van der Waals surface area (Å²) in [6.07, 6.45) is 3.27. The monoisotopic (exact) mass is 273 g/mol. The second-order valence-corrected chi connectivity index (χ2v) is 5.17. The van der Waals surface area contributed by atoms with Gasteiger partial charge in [0.25, 0.3) is 5.91 Å². The van der Waals surface area contributed by atoms with Crippen molar-refractivity contribution < 1.29 is 4.79 Å². The fraction of sp³-hybridized carbons (Fsp3) is 0.222. The summed E-state index contributed by atoms with van der Waals surface area (Å²) in [5, 5.41) is 7.17. The Bertz CT molecular complexity index is 495. The van der Waals surface area contributed by atoms with Crippen molar-refractivity contribution in [2.75, 3.05) is 0 Å². The number of aryl methyl sites for hydroxylation is 1. The van der Waals surface area contributed by atoms with Gasteiger partial charge in [-0.05, 0) is 13.0 Å². The van der Waals surface area contributed by atoms with Gasteiger partial charge in [-0.25, -0.2) is 0 Å². The number of thiocarbonyl (C=S) groups is 1. The first-order valence-corrected chi connectivity index (χ1v) is 6.18. The predicted molar refractivity (Wildman–Crippen MR) is 69.2 cm³/mol. The van der Waals surface area contributed by atoms with E-state index in [1.165, 1.54) is 11.8 Å². The number of hydrogen-bond donors (Lipinski definition) is 1. The number of aromatic nitrogens is 2. The standard InChI is InChI=1S/C9H8ClN3OS2/c1-2-13-6(5(10)4-11-13)3-7-8(14)12-9(15)16-7/h3-4H,2H2,1H3,(H,12,14,15). The molecule has 1 N–H and O–H groups in total. The summed E-state index contributed by atoms with van der Waals surface area (Å²) in [5.41, 5.74) is 0.728. The summed E-state index contributed by atoms with van der Waals surface area (Å²) in [5.74, 6) is -0.185. The van der Waals surface area contributed by atoms with Gasteiger partial charge in [0.05, 0.1) is 21.8 Å². The van der Waals surface area contributed by atoms with Crippen molar-refractivity contribution in [1.29, 1.82) is 0 Å². The van der Waals surface area contributed by atoms with Crippen LogP contribution in [0, 0.1) is 0 Å². The van der Waals surface area contributed by atoms with E-state index in [9.17, 15) is 4.79 Å². The number of nitrogens with zero attached hydrogens (tertiary/aromatic N) is 2. The van der Waals surface area contributed by atoms with Crippen molar-refractivity contribution in [2.24, 2.45) is 0 Å². The molecule has 1 saturated heterocycles. The molecule has 2 rings (SSSR count). The van der Waals surface area contributed by atoms with Crippen LogP contribution in [0.15, 0.2) is 11.1 Å². The highest BCUT2D eigenvalue weighted by Gasteiger charge is 2.23. The molecular weight excluding hydrogens is 266 g/mol. The van der Waals surface area contributed by atoms with Gasteiger partial charge in [-0.1, -0.05) is 35.6 Å². The summed E-state index contributed by atoms with van der Waals surface area (Å²) in [4.78, 5) is 12.0. The van der Waals surface area contributed by atoms with Crippen LogP contribution in [0.4, 0.5) is 0 Å². The maximum absolute atomic E-state index is 11.5.